The van der Waals surface area contributed by atoms with Crippen LogP contribution in [0.25, 0.3) is 0 Å². The monoisotopic (exact) mass is 434 g/mol. The zero-order valence-electron chi connectivity index (χ0n) is 16.3. The summed E-state index contributed by atoms with van der Waals surface area (Å²) in [4.78, 5) is 26.3. The van der Waals surface area contributed by atoms with Crippen molar-refractivity contribution >= 4 is 45.0 Å². The first-order valence-electron chi connectivity index (χ1n) is 9.10. The second-order valence-corrected chi connectivity index (χ2v) is 9.75. The molecule has 0 unspecified atom stereocenters. The third-order valence-corrected chi connectivity index (χ3v) is 6.86. The van der Waals surface area contributed by atoms with E-state index >= 15 is 0 Å². The second kappa shape index (κ2) is 8.46. The van der Waals surface area contributed by atoms with Gasteiger partial charge in [0.1, 0.15) is 0 Å². The molecule has 2 aromatic carbocycles. The molecular weight excluding hydrogens is 412 g/mol. The maximum absolute atomic E-state index is 12.8. The molecule has 0 saturated heterocycles. The van der Waals surface area contributed by atoms with Gasteiger partial charge in [-0.1, -0.05) is 6.92 Å². The largest absolute Gasteiger partial charge is 0.462 e. The van der Waals surface area contributed by atoms with Crippen LogP contribution in [-0.4, -0.2) is 38.7 Å². The van der Waals surface area contributed by atoms with E-state index < -0.39 is 16.0 Å². The Hall–Kier alpha value is -2.52. The van der Waals surface area contributed by atoms with E-state index in [1.54, 1.807) is 29.7 Å². The van der Waals surface area contributed by atoms with Crippen LogP contribution >= 0.6 is 11.8 Å². The summed E-state index contributed by atoms with van der Waals surface area (Å²) in [6.45, 7) is 6.00. The van der Waals surface area contributed by atoms with Gasteiger partial charge >= 0.3 is 5.97 Å². The third kappa shape index (κ3) is 4.73. The number of ether oxygens (including phenoxy) is 1. The van der Waals surface area contributed by atoms with E-state index in [-0.39, 0.29) is 22.7 Å². The van der Waals surface area contributed by atoms with Crippen molar-refractivity contribution in [3.05, 3.63) is 48.0 Å². The minimum Gasteiger partial charge on any atom is -0.462 e. The molecule has 2 aromatic rings. The smallest absolute Gasteiger partial charge is 0.338 e. The summed E-state index contributed by atoms with van der Waals surface area (Å²) in [5.41, 5.74) is 1.26. The SMILES string of the molecule is CCOC(=O)c1ccc(NS(=O)(=O)c2ccc3c(c2)N(C(C)=O)C[C@H](C)S3)cc1. The molecule has 0 aliphatic carbocycles. The summed E-state index contributed by atoms with van der Waals surface area (Å²) in [5.74, 6) is -0.594. The molecule has 0 fully saturated rings. The number of nitrogens with zero attached hydrogens (tertiary/aromatic N) is 1. The molecular formula is C20H22N2O5S2. The van der Waals surface area contributed by atoms with Gasteiger partial charge in [0, 0.05) is 29.3 Å². The molecule has 29 heavy (non-hydrogen) atoms. The maximum Gasteiger partial charge on any atom is 0.338 e. The van der Waals surface area contributed by atoms with E-state index in [0.29, 0.717) is 23.5 Å². The average molecular weight is 435 g/mol. The Morgan fingerprint density at radius 3 is 2.52 bits per heavy atom. The van der Waals surface area contributed by atoms with Crippen molar-refractivity contribution in [2.75, 3.05) is 22.8 Å². The van der Waals surface area contributed by atoms with Crippen molar-refractivity contribution in [1.29, 1.82) is 0 Å². The number of amides is 1. The molecule has 1 aliphatic rings. The van der Waals surface area contributed by atoms with Crippen LogP contribution in [0.4, 0.5) is 11.4 Å². The number of hydrogen-bond acceptors (Lipinski definition) is 6. The Bertz CT molecular complexity index is 1040. The predicted molar refractivity (Wildman–Crippen MR) is 113 cm³/mol. The number of hydrogen-bond donors (Lipinski definition) is 1. The van der Waals surface area contributed by atoms with Crippen molar-refractivity contribution in [3.8, 4) is 0 Å². The number of sulfonamides is 1. The van der Waals surface area contributed by atoms with Gasteiger partial charge in [0.25, 0.3) is 10.0 Å². The Balaban J connectivity index is 1.86. The first-order valence-corrected chi connectivity index (χ1v) is 11.5. The molecule has 3 rings (SSSR count). The lowest BCUT2D eigenvalue weighted by molar-refractivity contribution is -0.116. The summed E-state index contributed by atoms with van der Waals surface area (Å²) in [5, 5.41) is 0.227. The van der Waals surface area contributed by atoms with E-state index in [2.05, 4.69) is 4.72 Å². The van der Waals surface area contributed by atoms with Crippen LogP contribution in [0.15, 0.2) is 52.3 Å². The number of fused-ring (bicyclic) bond motifs is 1. The number of esters is 1. The first-order chi connectivity index (χ1) is 13.7. The van der Waals surface area contributed by atoms with Crippen LogP contribution in [0.5, 0.6) is 0 Å². The molecule has 1 amide bonds. The van der Waals surface area contributed by atoms with Crippen LogP contribution < -0.4 is 9.62 Å². The number of anilines is 2. The predicted octanol–water partition coefficient (Wildman–Crippen LogP) is 3.51. The van der Waals surface area contributed by atoms with E-state index in [1.165, 1.54) is 43.3 Å². The van der Waals surface area contributed by atoms with Crippen molar-refractivity contribution < 1.29 is 22.7 Å². The Morgan fingerprint density at radius 2 is 1.90 bits per heavy atom. The Morgan fingerprint density at radius 1 is 1.21 bits per heavy atom. The van der Waals surface area contributed by atoms with Gasteiger partial charge in [0.2, 0.25) is 5.91 Å². The molecule has 1 N–H and O–H groups in total. The number of rotatable bonds is 5. The van der Waals surface area contributed by atoms with Gasteiger partial charge in [-0.2, -0.15) is 0 Å². The van der Waals surface area contributed by atoms with Gasteiger partial charge in [-0.25, -0.2) is 13.2 Å². The van der Waals surface area contributed by atoms with E-state index in [4.69, 9.17) is 4.74 Å². The van der Waals surface area contributed by atoms with Crippen LogP contribution in [-0.2, 0) is 19.6 Å². The highest BCUT2D eigenvalue weighted by atomic mass is 32.2. The lowest BCUT2D eigenvalue weighted by Crippen LogP contribution is -2.37. The van der Waals surface area contributed by atoms with E-state index in [1.807, 2.05) is 6.92 Å². The van der Waals surface area contributed by atoms with Crippen molar-refractivity contribution in [2.45, 2.75) is 35.8 Å². The number of carbonyl (C=O) groups excluding carboxylic acids is 2. The van der Waals surface area contributed by atoms with E-state index in [9.17, 15) is 18.0 Å². The fourth-order valence-electron chi connectivity index (χ4n) is 2.99. The molecule has 154 valence electrons. The highest BCUT2D eigenvalue weighted by molar-refractivity contribution is 8.00. The fraction of sp³-hybridized carbons (Fsp3) is 0.300. The number of nitrogens with one attached hydrogen (secondary N) is 1. The maximum atomic E-state index is 12.8. The topological polar surface area (TPSA) is 92.8 Å². The van der Waals surface area contributed by atoms with Gasteiger partial charge in [0.05, 0.1) is 22.8 Å². The molecule has 0 aromatic heterocycles. The fourth-order valence-corrected chi connectivity index (χ4v) is 5.16. The summed E-state index contributed by atoms with van der Waals surface area (Å²) >= 11 is 1.61. The zero-order chi connectivity index (χ0) is 21.2. The minimum absolute atomic E-state index is 0.0622. The summed E-state index contributed by atoms with van der Waals surface area (Å²) in [7, 11) is -3.87. The Kier molecular flexibility index (Phi) is 6.18. The van der Waals surface area contributed by atoms with Gasteiger partial charge in [0.15, 0.2) is 0 Å². The standard InChI is InChI=1S/C20H22N2O5S2/c1-4-27-20(24)15-5-7-16(8-6-15)21-29(25,26)17-9-10-19-18(11-17)22(14(3)23)12-13(2)28-19/h5-11,13,21H,4,12H2,1-3H3/t13-/m0/s1. The average Bonchev–Trinajstić information content (AvgIpc) is 2.67. The minimum atomic E-state index is -3.87. The van der Waals surface area contributed by atoms with Crippen molar-refractivity contribution in [2.24, 2.45) is 0 Å². The normalized spacial score (nSPS) is 16.1. The zero-order valence-corrected chi connectivity index (χ0v) is 18.0. The Labute approximate surface area is 174 Å². The highest BCUT2D eigenvalue weighted by Crippen LogP contribution is 2.39. The third-order valence-electron chi connectivity index (χ3n) is 4.33. The molecule has 0 saturated carbocycles. The number of carbonyl (C=O) groups is 2. The van der Waals surface area contributed by atoms with Crippen molar-refractivity contribution in [1.82, 2.24) is 0 Å². The molecule has 1 atom stereocenters. The number of benzene rings is 2. The molecule has 0 spiro atoms. The number of thioether (sulfide) groups is 1. The molecule has 9 heteroatoms. The van der Waals surface area contributed by atoms with Gasteiger partial charge in [-0.05, 0) is 49.4 Å². The molecule has 1 heterocycles. The molecule has 1 aliphatic heterocycles. The molecule has 7 nitrogen and oxygen atoms in total. The lowest BCUT2D eigenvalue weighted by atomic mass is 10.2. The lowest BCUT2D eigenvalue weighted by Gasteiger charge is -2.32. The molecule has 0 radical (unpaired) electrons. The van der Waals surface area contributed by atoms with Gasteiger partial charge in [-0.15, -0.1) is 11.8 Å². The van der Waals surface area contributed by atoms with E-state index in [0.717, 1.165) is 4.90 Å². The summed E-state index contributed by atoms with van der Waals surface area (Å²) < 4.78 is 33.1. The van der Waals surface area contributed by atoms with Crippen LogP contribution in [0, 0.1) is 0 Å². The van der Waals surface area contributed by atoms with Crippen LogP contribution in [0.1, 0.15) is 31.1 Å². The van der Waals surface area contributed by atoms with Gasteiger partial charge in [-0.3, -0.25) is 9.52 Å². The second-order valence-electron chi connectivity index (χ2n) is 6.59. The highest BCUT2D eigenvalue weighted by Gasteiger charge is 2.27. The van der Waals surface area contributed by atoms with Gasteiger partial charge < -0.3 is 9.64 Å². The first kappa shape index (κ1) is 21.2. The van der Waals surface area contributed by atoms with Crippen LogP contribution in [0.3, 0.4) is 0 Å². The van der Waals surface area contributed by atoms with Crippen molar-refractivity contribution in [3.63, 3.8) is 0 Å². The summed E-state index contributed by atoms with van der Waals surface area (Å²) in [6, 6.07) is 10.8. The summed E-state index contributed by atoms with van der Waals surface area (Å²) in [6.07, 6.45) is 0. The molecule has 0 bridgehead atoms. The van der Waals surface area contributed by atoms with Crippen LogP contribution in [0.2, 0.25) is 0 Å². The quantitative estimate of drug-likeness (QED) is 0.724.